The molecule has 2 aromatic carbocycles. The van der Waals surface area contributed by atoms with Crippen LogP contribution in [0.15, 0.2) is 55.1 Å². The lowest BCUT2D eigenvalue weighted by Crippen LogP contribution is -2.26. The van der Waals surface area contributed by atoms with Gasteiger partial charge in [0.25, 0.3) is 0 Å². The molecular weight excluding hydrogens is 675 g/mol. The van der Waals surface area contributed by atoms with Crippen molar-refractivity contribution in [3.8, 4) is 17.5 Å². The van der Waals surface area contributed by atoms with E-state index >= 15 is 0 Å². The summed E-state index contributed by atoms with van der Waals surface area (Å²) < 4.78 is 43.4. The van der Waals surface area contributed by atoms with E-state index in [1.165, 1.54) is 114 Å². The molecule has 276 valence electrons. The van der Waals surface area contributed by atoms with Crippen LogP contribution < -0.4 is 4.52 Å². The summed E-state index contributed by atoms with van der Waals surface area (Å²) in [4.78, 5) is 3.98. The van der Waals surface area contributed by atoms with Gasteiger partial charge in [-0.3, -0.25) is 9.05 Å². The van der Waals surface area contributed by atoms with Crippen molar-refractivity contribution in [3.05, 3.63) is 71.3 Å². The Bertz CT molecular complexity index is 1420. The normalized spacial score (nSPS) is 13.2. The van der Waals surface area contributed by atoms with Gasteiger partial charge in [0.1, 0.15) is 30.6 Å². The summed E-state index contributed by atoms with van der Waals surface area (Å²) >= 11 is 6.20. The third-order valence-electron chi connectivity index (χ3n) is 8.47. The fraction of sp³-hybridized carbons (Fsp3) is 0.605. The average Bonchev–Trinajstić information content (AvgIpc) is 3.68. The summed E-state index contributed by atoms with van der Waals surface area (Å²) in [5.74, 6) is 0.190. The second-order valence-corrected chi connectivity index (χ2v) is 14.7. The van der Waals surface area contributed by atoms with Crippen molar-refractivity contribution >= 4 is 19.4 Å². The molecule has 2 atom stereocenters. The number of benzene rings is 2. The van der Waals surface area contributed by atoms with Gasteiger partial charge in [0, 0.05) is 13.7 Å². The number of hydrogen-bond donors (Lipinski definition) is 0. The minimum absolute atomic E-state index is 0.110. The molecule has 0 amide bonds. The molecule has 0 saturated heterocycles. The minimum Gasteiger partial charge on any atom is -0.402 e. The van der Waals surface area contributed by atoms with Crippen LogP contribution in [0.3, 0.4) is 0 Å². The van der Waals surface area contributed by atoms with Gasteiger partial charge in [0.05, 0.1) is 36.1 Å². The highest BCUT2D eigenvalue weighted by Crippen LogP contribution is 2.50. The number of phosphoric ester groups is 1. The van der Waals surface area contributed by atoms with E-state index < -0.39 is 13.9 Å². The molecule has 1 aromatic heterocycles. The highest BCUT2D eigenvalue weighted by Gasteiger charge is 2.30. The van der Waals surface area contributed by atoms with Crippen molar-refractivity contribution in [1.82, 2.24) is 14.8 Å². The predicted molar refractivity (Wildman–Crippen MR) is 198 cm³/mol. The van der Waals surface area contributed by atoms with Crippen LogP contribution in [0.5, 0.6) is 5.75 Å². The third kappa shape index (κ3) is 16.5. The number of phosphoric acid groups is 1. The Kier molecular flexibility index (Phi) is 21.0. The van der Waals surface area contributed by atoms with Gasteiger partial charge in [-0.25, -0.2) is 14.2 Å². The Morgan fingerprint density at radius 2 is 1.52 bits per heavy atom. The van der Waals surface area contributed by atoms with Crippen molar-refractivity contribution in [2.45, 2.75) is 122 Å². The smallest absolute Gasteiger partial charge is 0.402 e. The molecule has 0 fully saturated rings. The van der Waals surface area contributed by atoms with E-state index in [1.54, 1.807) is 30.3 Å². The highest BCUT2D eigenvalue weighted by molar-refractivity contribution is 7.48. The Balaban J connectivity index is 1.40. The number of ether oxygens (including phenoxy) is 2. The summed E-state index contributed by atoms with van der Waals surface area (Å²) in [5.41, 5.74) is 1.86. The molecule has 50 heavy (non-hydrogen) atoms. The fourth-order valence-electron chi connectivity index (χ4n) is 5.54. The van der Waals surface area contributed by atoms with Gasteiger partial charge < -0.3 is 14.0 Å². The first-order chi connectivity index (χ1) is 24.5. The maximum Gasteiger partial charge on any atom is 0.529 e. The molecule has 0 aliphatic rings. The first-order valence-corrected chi connectivity index (χ1v) is 20.1. The summed E-state index contributed by atoms with van der Waals surface area (Å²) in [6.07, 6.45) is 23.4. The largest absolute Gasteiger partial charge is 0.529 e. The molecule has 10 nitrogen and oxygen atoms in total. The quantitative estimate of drug-likeness (QED) is 0.0508. The van der Waals surface area contributed by atoms with Gasteiger partial charge >= 0.3 is 7.82 Å². The van der Waals surface area contributed by atoms with Gasteiger partial charge in [0.2, 0.25) is 0 Å². The van der Waals surface area contributed by atoms with E-state index in [0.717, 1.165) is 18.4 Å². The van der Waals surface area contributed by atoms with Crippen LogP contribution in [0.25, 0.3) is 5.69 Å². The number of halogens is 1. The van der Waals surface area contributed by atoms with Gasteiger partial charge in [-0.1, -0.05) is 133 Å². The zero-order valence-electron chi connectivity index (χ0n) is 30.0. The molecular formula is C38H56ClN4O6P. The summed E-state index contributed by atoms with van der Waals surface area (Å²) in [6, 6.07) is 14.2. The zero-order valence-corrected chi connectivity index (χ0v) is 31.6. The molecule has 0 bridgehead atoms. The molecule has 0 spiro atoms. The van der Waals surface area contributed by atoms with Crippen LogP contribution in [0.4, 0.5) is 0 Å². The topological polar surface area (TPSA) is 118 Å². The second-order valence-electron chi connectivity index (χ2n) is 12.6. The maximum atomic E-state index is 13.3. The third-order valence-corrected chi connectivity index (χ3v) is 10.1. The Morgan fingerprint density at radius 3 is 2.10 bits per heavy atom. The minimum atomic E-state index is -4.00. The lowest BCUT2D eigenvalue weighted by atomic mass is 10.0. The summed E-state index contributed by atoms with van der Waals surface area (Å²) in [7, 11) is -2.75. The maximum absolute atomic E-state index is 13.3. The Hall–Kier alpha value is -2.77. The van der Waals surface area contributed by atoms with Crippen LogP contribution in [0, 0.1) is 11.3 Å². The molecule has 3 rings (SSSR count). The molecule has 0 aliphatic heterocycles. The number of unbranched alkanes of at least 4 members (excludes halogenated alkanes) is 15. The lowest BCUT2D eigenvalue weighted by Gasteiger charge is -2.22. The van der Waals surface area contributed by atoms with E-state index in [9.17, 15) is 9.83 Å². The number of rotatable bonds is 29. The van der Waals surface area contributed by atoms with Crippen molar-refractivity contribution in [2.24, 2.45) is 0 Å². The van der Waals surface area contributed by atoms with Crippen LogP contribution >= 0.6 is 19.4 Å². The molecule has 3 aromatic rings. The molecule has 12 heteroatoms. The monoisotopic (exact) mass is 730 g/mol. The fourth-order valence-corrected chi connectivity index (χ4v) is 6.75. The average molecular weight is 731 g/mol. The Morgan fingerprint density at radius 1 is 0.880 bits per heavy atom. The van der Waals surface area contributed by atoms with E-state index in [2.05, 4.69) is 23.1 Å². The number of para-hydroxylation sites is 1. The Labute approximate surface area is 304 Å². The second kappa shape index (κ2) is 25.2. The van der Waals surface area contributed by atoms with Crippen LogP contribution in [-0.4, -0.2) is 47.8 Å². The van der Waals surface area contributed by atoms with E-state index in [-0.39, 0.29) is 30.6 Å². The molecule has 0 saturated carbocycles. The number of nitrogens with zero attached hydrogens (tertiary/aromatic N) is 4. The molecule has 1 heterocycles. The zero-order chi connectivity index (χ0) is 35.7. The first-order valence-electron chi connectivity index (χ1n) is 18.3. The van der Waals surface area contributed by atoms with E-state index in [0.29, 0.717) is 17.9 Å². The number of aromatic nitrogens is 3. The van der Waals surface area contributed by atoms with Gasteiger partial charge in [-0.05, 0) is 36.2 Å². The number of nitriles is 1. The molecule has 0 radical (unpaired) electrons. The van der Waals surface area contributed by atoms with Crippen molar-refractivity contribution < 1.29 is 27.6 Å². The summed E-state index contributed by atoms with van der Waals surface area (Å²) in [6.45, 7) is 3.16. The molecule has 0 aliphatic carbocycles. The van der Waals surface area contributed by atoms with Crippen LogP contribution in [0.1, 0.15) is 121 Å². The first kappa shape index (κ1) is 41.6. The van der Waals surface area contributed by atoms with Crippen molar-refractivity contribution in [3.63, 3.8) is 0 Å². The molecule has 1 unspecified atom stereocenters. The predicted octanol–water partition coefficient (Wildman–Crippen LogP) is 10.8. The standard InChI is InChI=1S/C38H56ClN4O6P/c1-3-4-5-6-7-8-9-10-11-12-13-14-15-16-17-20-25-46-29-35(30-48-50(44,45-2)49-38-22-19-18-21-36(38)39)47-28-33-23-24-34(27-40)37(26-33)43-32-41-31-42-43/h18-19,21-24,26,31-32,35H,3-17,20,25,28-30H2,1-2H3/t35-,50?/m1/s1. The SMILES string of the molecule is CCCCCCCCCCCCCCCCCCOC[C@H](COP(=O)(OC)Oc1ccccc1Cl)OCc1ccc(C#N)c(-n2cncn2)c1. The van der Waals surface area contributed by atoms with Gasteiger partial charge in [0.15, 0.2) is 0 Å². The van der Waals surface area contributed by atoms with E-state index in [1.807, 2.05) is 12.1 Å². The molecule has 0 N–H and O–H groups in total. The van der Waals surface area contributed by atoms with Crippen LogP contribution in [-0.2, 0) is 29.7 Å². The van der Waals surface area contributed by atoms with Gasteiger partial charge in [-0.2, -0.15) is 10.4 Å². The van der Waals surface area contributed by atoms with Gasteiger partial charge in [-0.15, -0.1) is 0 Å². The highest BCUT2D eigenvalue weighted by atomic mass is 35.5. The van der Waals surface area contributed by atoms with Crippen molar-refractivity contribution in [1.29, 1.82) is 5.26 Å². The van der Waals surface area contributed by atoms with E-state index in [4.69, 9.17) is 34.6 Å². The lowest BCUT2D eigenvalue weighted by molar-refractivity contribution is -0.0495. The van der Waals surface area contributed by atoms with Crippen molar-refractivity contribution in [2.75, 3.05) is 26.9 Å². The number of hydrogen-bond acceptors (Lipinski definition) is 9. The van der Waals surface area contributed by atoms with Crippen LogP contribution in [0.2, 0.25) is 5.02 Å². The summed E-state index contributed by atoms with van der Waals surface area (Å²) in [5, 5.41) is 14.0.